The second-order valence-electron chi connectivity index (χ2n) is 7.58. The summed E-state index contributed by atoms with van der Waals surface area (Å²) in [5, 5.41) is 40.3. The maximum atomic E-state index is 13.1. The second-order valence-corrected chi connectivity index (χ2v) is 8.43. The van der Waals surface area contributed by atoms with Crippen LogP contribution in [-0.4, -0.2) is 26.4 Å². The summed E-state index contributed by atoms with van der Waals surface area (Å²) in [5.74, 6) is -3.52. The molecule has 0 fully saturated rings. The molecule has 1 aliphatic rings. The SMILES string of the molecule is O=C1C[C@H](c2ccccc2Br)c2c(cc(O)c3c(=O)c(O)c(-c4ccc(O)c(O)c4)oc23)O1. The van der Waals surface area contributed by atoms with Crippen LogP contribution in [0.5, 0.6) is 28.7 Å². The van der Waals surface area contributed by atoms with Crippen LogP contribution in [0.15, 0.2) is 62.2 Å². The van der Waals surface area contributed by atoms with Gasteiger partial charge in [0.25, 0.3) is 0 Å². The van der Waals surface area contributed by atoms with Gasteiger partial charge in [-0.1, -0.05) is 34.1 Å². The van der Waals surface area contributed by atoms with E-state index in [9.17, 15) is 30.0 Å². The van der Waals surface area contributed by atoms with Crippen LogP contribution in [0.3, 0.4) is 0 Å². The Morgan fingerprint density at radius 3 is 2.39 bits per heavy atom. The van der Waals surface area contributed by atoms with E-state index >= 15 is 0 Å². The fraction of sp³-hybridized carbons (Fsp3) is 0.0833. The molecule has 9 heteroatoms. The van der Waals surface area contributed by atoms with Gasteiger partial charge in [0.15, 0.2) is 17.3 Å². The van der Waals surface area contributed by atoms with E-state index in [4.69, 9.17) is 9.15 Å². The summed E-state index contributed by atoms with van der Waals surface area (Å²) < 4.78 is 12.0. The number of rotatable bonds is 2. The first kappa shape index (κ1) is 20.9. The van der Waals surface area contributed by atoms with Crippen molar-refractivity contribution in [2.75, 3.05) is 0 Å². The van der Waals surface area contributed by atoms with E-state index in [1.165, 1.54) is 12.1 Å². The van der Waals surface area contributed by atoms with Gasteiger partial charge in [-0.05, 0) is 29.8 Å². The first-order valence-electron chi connectivity index (χ1n) is 9.79. The Morgan fingerprint density at radius 2 is 1.67 bits per heavy atom. The van der Waals surface area contributed by atoms with Crippen LogP contribution < -0.4 is 10.2 Å². The van der Waals surface area contributed by atoms with Crippen molar-refractivity contribution >= 4 is 32.9 Å². The zero-order valence-electron chi connectivity index (χ0n) is 16.7. The molecule has 4 N–H and O–H groups in total. The summed E-state index contributed by atoms with van der Waals surface area (Å²) >= 11 is 3.49. The second kappa shape index (κ2) is 7.56. The number of phenols is 3. The van der Waals surface area contributed by atoms with Crippen LogP contribution in [0.25, 0.3) is 22.3 Å². The molecule has 0 radical (unpaired) electrons. The molecular weight excluding hydrogens is 496 g/mol. The van der Waals surface area contributed by atoms with E-state index in [0.717, 1.165) is 22.2 Å². The number of benzene rings is 3. The first-order valence-corrected chi connectivity index (χ1v) is 10.6. The Bertz CT molecular complexity index is 1520. The number of carbonyl (C=O) groups is 1. The molecule has 0 aliphatic carbocycles. The van der Waals surface area contributed by atoms with E-state index in [1.54, 1.807) is 6.07 Å². The smallest absolute Gasteiger partial charge is 0.312 e. The van der Waals surface area contributed by atoms with Crippen molar-refractivity contribution < 1.29 is 34.4 Å². The third kappa shape index (κ3) is 3.28. The van der Waals surface area contributed by atoms with Gasteiger partial charge in [-0.15, -0.1) is 0 Å². The summed E-state index contributed by atoms with van der Waals surface area (Å²) in [4.78, 5) is 25.4. The van der Waals surface area contributed by atoms with Crippen LogP contribution in [0.4, 0.5) is 0 Å². The van der Waals surface area contributed by atoms with Gasteiger partial charge in [-0.25, -0.2) is 0 Å². The molecule has 1 aromatic heterocycles. The summed E-state index contributed by atoms with van der Waals surface area (Å²) in [5.41, 5.74) is 0.243. The molecule has 33 heavy (non-hydrogen) atoms. The Balaban J connectivity index is 1.88. The molecule has 4 aromatic rings. The van der Waals surface area contributed by atoms with Gasteiger partial charge in [-0.3, -0.25) is 9.59 Å². The van der Waals surface area contributed by atoms with Gasteiger partial charge in [0.2, 0.25) is 11.2 Å². The van der Waals surface area contributed by atoms with Gasteiger partial charge >= 0.3 is 5.97 Å². The molecule has 8 nitrogen and oxygen atoms in total. The minimum atomic E-state index is -0.901. The number of halogens is 1. The number of hydrogen-bond acceptors (Lipinski definition) is 8. The van der Waals surface area contributed by atoms with Crippen molar-refractivity contribution in [2.24, 2.45) is 0 Å². The standard InChI is InChI=1S/C24H15BrO8/c25-13-4-2-1-3-11(13)12-8-18(29)32-17-9-16(28)20-21(30)22(31)23(33-24(20)19(12)17)10-5-6-14(26)15(27)7-10/h1-7,9,12,26-28,31H,8H2/t12-/m1/s1. The predicted molar refractivity (Wildman–Crippen MR) is 121 cm³/mol. The maximum absolute atomic E-state index is 13.1. The van der Waals surface area contributed by atoms with Crippen molar-refractivity contribution in [1.29, 1.82) is 0 Å². The van der Waals surface area contributed by atoms with Crippen molar-refractivity contribution in [1.82, 2.24) is 0 Å². The Morgan fingerprint density at radius 1 is 0.909 bits per heavy atom. The number of aromatic hydroxyl groups is 4. The molecule has 166 valence electrons. The first-order chi connectivity index (χ1) is 15.8. The number of fused-ring (bicyclic) bond motifs is 3. The van der Waals surface area contributed by atoms with E-state index in [2.05, 4.69) is 15.9 Å². The monoisotopic (exact) mass is 510 g/mol. The van der Waals surface area contributed by atoms with E-state index < -0.39 is 40.3 Å². The highest BCUT2D eigenvalue weighted by atomic mass is 79.9. The van der Waals surface area contributed by atoms with Crippen molar-refractivity contribution in [3.63, 3.8) is 0 Å². The van der Waals surface area contributed by atoms with Crippen LogP contribution in [0, 0.1) is 0 Å². The zero-order valence-corrected chi connectivity index (χ0v) is 18.3. The highest BCUT2D eigenvalue weighted by Gasteiger charge is 2.35. The molecule has 0 amide bonds. The third-order valence-electron chi connectivity index (χ3n) is 5.58. The van der Waals surface area contributed by atoms with Crippen LogP contribution >= 0.6 is 15.9 Å². The van der Waals surface area contributed by atoms with Crippen LogP contribution in [0.2, 0.25) is 0 Å². The number of carbonyl (C=O) groups excluding carboxylic acids is 1. The molecule has 0 bridgehead atoms. The molecular formula is C24H15BrO8. The topological polar surface area (TPSA) is 137 Å². The molecule has 5 rings (SSSR count). The number of esters is 1. The van der Waals surface area contributed by atoms with Crippen LogP contribution in [0.1, 0.15) is 23.5 Å². The molecule has 0 saturated carbocycles. The maximum Gasteiger partial charge on any atom is 0.312 e. The minimum absolute atomic E-state index is 0.0327. The van der Waals surface area contributed by atoms with E-state index in [1.807, 2.05) is 18.2 Å². The molecule has 0 unspecified atom stereocenters. The lowest BCUT2D eigenvalue weighted by Gasteiger charge is -2.26. The van der Waals surface area contributed by atoms with E-state index in [0.29, 0.717) is 5.56 Å². The molecule has 3 aromatic carbocycles. The number of hydrogen-bond donors (Lipinski definition) is 4. The minimum Gasteiger partial charge on any atom is -0.507 e. The quantitative estimate of drug-likeness (QED) is 0.176. The molecule has 1 aliphatic heterocycles. The molecule has 1 atom stereocenters. The average molecular weight is 511 g/mol. The number of ether oxygens (including phenoxy) is 1. The Labute approximate surface area is 194 Å². The molecule has 2 heterocycles. The van der Waals surface area contributed by atoms with Gasteiger partial charge < -0.3 is 29.6 Å². The van der Waals surface area contributed by atoms with Gasteiger partial charge in [0, 0.05) is 27.6 Å². The lowest BCUT2D eigenvalue weighted by molar-refractivity contribution is -0.135. The van der Waals surface area contributed by atoms with Gasteiger partial charge in [-0.2, -0.15) is 0 Å². The van der Waals surface area contributed by atoms with E-state index in [-0.39, 0.29) is 34.5 Å². The fourth-order valence-corrected chi connectivity index (χ4v) is 4.63. The molecule has 0 spiro atoms. The van der Waals surface area contributed by atoms with Crippen LogP contribution in [-0.2, 0) is 4.79 Å². The number of phenolic OH excluding ortho intramolecular Hbond substituents is 3. The Hall–Kier alpha value is -3.98. The normalized spacial score (nSPS) is 15.3. The van der Waals surface area contributed by atoms with Crippen molar-refractivity contribution in [3.8, 4) is 40.1 Å². The highest BCUT2D eigenvalue weighted by Crippen LogP contribution is 2.48. The largest absolute Gasteiger partial charge is 0.507 e. The summed E-state index contributed by atoms with van der Waals surface area (Å²) in [6.45, 7) is 0. The van der Waals surface area contributed by atoms with Crippen molar-refractivity contribution in [3.05, 3.63) is 74.4 Å². The third-order valence-corrected chi connectivity index (χ3v) is 6.31. The van der Waals surface area contributed by atoms with Gasteiger partial charge in [0.1, 0.15) is 22.5 Å². The fourth-order valence-electron chi connectivity index (χ4n) is 4.07. The highest BCUT2D eigenvalue weighted by molar-refractivity contribution is 9.10. The Kier molecular flexibility index (Phi) is 4.79. The van der Waals surface area contributed by atoms with Gasteiger partial charge in [0.05, 0.1) is 6.42 Å². The van der Waals surface area contributed by atoms with Crippen molar-refractivity contribution in [2.45, 2.75) is 12.3 Å². The predicted octanol–water partition coefficient (Wildman–Crippen LogP) is 4.49. The summed E-state index contributed by atoms with van der Waals surface area (Å²) in [6.07, 6.45) is -0.0462. The summed E-state index contributed by atoms with van der Waals surface area (Å²) in [7, 11) is 0. The average Bonchev–Trinajstić information content (AvgIpc) is 2.77. The lowest BCUT2D eigenvalue weighted by Crippen LogP contribution is -2.22. The molecule has 0 saturated heterocycles. The summed E-state index contributed by atoms with van der Waals surface area (Å²) in [6, 6.07) is 12.0. The lowest BCUT2D eigenvalue weighted by atomic mass is 9.85. The zero-order chi connectivity index (χ0) is 23.4.